The van der Waals surface area contributed by atoms with Gasteiger partial charge < -0.3 is 25.2 Å². The van der Waals surface area contributed by atoms with Gasteiger partial charge >= 0.3 is 23.9 Å². The number of cyclic esters (lactones) is 2. The second kappa shape index (κ2) is 10.4. The van der Waals surface area contributed by atoms with Crippen LogP contribution < -0.4 is 0 Å². The molecule has 1 heterocycles. The summed E-state index contributed by atoms with van der Waals surface area (Å²) in [6, 6.07) is 16.6. The maximum Gasteiger partial charge on any atom is 0.346 e. The van der Waals surface area contributed by atoms with Crippen LogP contribution in [0.3, 0.4) is 0 Å². The highest BCUT2D eigenvalue weighted by molar-refractivity contribution is 5.99. The lowest BCUT2D eigenvalue weighted by Gasteiger charge is -1.95. The quantitative estimate of drug-likeness (QED) is 0.434. The van der Waals surface area contributed by atoms with Crippen LogP contribution in [0.25, 0.3) is 0 Å². The molecule has 0 aliphatic carbocycles. The van der Waals surface area contributed by atoms with Crippen molar-refractivity contribution in [2.75, 3.05) is 0 Å². The van der Waals surface area contributed by atoms with E-state index in [1.165, 1.54) is 0 Å². The first-order valence-electron chi connectivity index (χ1n) is 7.42. The Morgan fingerprint density at radius 2 is 0.963 bits per heavy atom. The molecule has 4 N–H and O–H groups in total. The monoisotopic (exact) mass is 376 g/mol. The molecule has 1 aliphatic heterocycles. The Bertz CT molecular complexity index is 719. The van der Waals surface area contributed by atoms with Gasteiger partial charge in [0, 0.05) is 0 Å². The smallest absolute Gasteiger partial charge is 0.346 e. The zero-order chi connectivity index (χ0) is 20.4. The van der Waals surface area contributed by atoms with E-state index in [-0.39, 0.29) is 0 Å². The van der Waals surface area contributed by atoms with Gasteiger partial charge in [-0.05, 0) is 24.3 Å². The Hall–Kier alpha value is -3.56. The molecule has 9 heteroatoms. The van der Waals surface area contributed by atoms with Crippen molar-refractivity contribution in [2.45, 2.75) is 12.2 Å². The molecule has 1 aliphatic rings. The van der Waals surface area contributed by atoms with Crippen LogP contribution >= 0.6 is 0 Å². The first-order chi connectivity index (χ1) is 12.7. The third kappa shape index (κ3) is 7.06. The molecule has 27 heavy (non-hydrogen) atoms. The summed E-state index contributed by atoms with van der Waals surface area (Å²) < 4.78 is 3.81. The van der Waals surface area contributed by atoms with Gasteiger partial charge in [-0.3, -0.25) is 0 Å². The van der Waals surface area contributed by atoms with Crippen LogP contribution in [0.4, 0.5) is 0 Å². The average Bonchev–Trinajstić information content (AvgIpc) is 2.90. The fraction of sp³-hybridized carbons (Fsp3) is 0.111. The minimum atomic E-state index is -1.70. The van der Waals surface area contributed by atoms with E-state index >= 15 is 0 Å². The molecule has 9 nitrogen and oxygen atoms in total. The molecule has 0 bridgehead atoms. The van der Waals surface area contributed by atoms with Gasteiger partial charge in [0.2, 0.25) is 0 Å². The average molecular weight is 376 g/mol. The number of hydrogen-bond acceptors (Lipinski definition) is 7. The van der Waals surface area contributed by atoms with Gasteiger partial charge in [-0.1, -0.05) is 36.4 Å². The summed E-state index contributed by atoms with van der Waals surface area (Å²) >= 11 is 0. The molecule has 142 valence electrons. The minimum absolute atomic E-state index is 0.331. The van der Waals surface area contributed by atoms with Crippen molar-refractivity contribution >= 4 is 23.9 Å². The molecular formula is C18H16O9. The molecule has 1 fully saturated rings. The number of carbonyl (C=O) groups is 4. The third-order valence-electron chi connectivity index (χ3n) is 3.02. The predicted octanol–water partition coefficient (Wildman–Crippen LogP) is 0.561. The molecule has 2 aromatic rings. The molecule has 0 radical (unpaired) electrons. The highest BCUT2D eigenvalue weighted by atomic mass is 16.6. The largest absolute Gasteiger partial charge is 0.478 e. The number of hydrogen-bond donors (Lipinski definition) is 4. The molecule has 0 saturated carbocycles. The van der Waals surface area contributed by atoms with Crippen LogP contribution in [0.15, 0.2) is 60.7 Å². The Labute approximate surface area is 153 Å². The summed E-state index contributed by atoms with van der Waals surface area (Å²) in [6.07, 6.45) is -3.39. The Kier molecular flexibility index (Phi) is 8.30. The standard InChI is InChI=1S/2C7H6O2.C4H4O5/c2*8-7(9)6-4-2-1-3-5-6;5-1-2(6)4(8)9-3(1)7/h2*1-5H,(H,8,9);1-2,5-6H. The second-order valence-corrected chi connectivity index (χ2v) is 4.97. The summed E-state index contributed by atoms with van der Waals surface area (Å²) in [4.78, 5) is 40.7. The van der Waals surface area contributed by atoms with E-state index in [1.54, 1.807) is 60.7 Å². The van der Waals surface area contributed by atoms with E-state index in [2.05, 4.69) is 4.74 Å². The van der Waals surface area contributed by atoms with Crippen LogP contribution in [0.2, 0.25) is 0 Å². The number of rotatable bonds is 2. The lowest BCUT2D eigenvalue weighted by Crippen LogP contribution is -2.27. The molecule has 1 saturated heterocycles. The van der Waals surface area contributed by atoms with Gasteiger partial charge in [0.15, 0.2) is 12.2 Å². The normalized spacial score (nSPS) is 17.6. The fourth-order valence-corrected chi connectivity index (χ4v) is 1.64. The van der Waals surface area contributed by atoms with Crippen LogP contribution in [-0.4, -0.2) is 56.5 Å². The van der Waals surface area contributed by atoms with Crippen LogP contribution in [0, 0.1) is 0 Å². The number of carbonyl (C=O) groups excluding carboxylic acids is 2. The number of benzene rings is 2. The molecule has 2 unspecified atom stereocenters. The lowest BCUT2D eigenvalue weighted by molar-refractivity contribution is -0.155. The van der Waals surface area contributed by atoms with Gasteiger partial charge in [0.05, 0.1) is 11.1 Å². The molecule has 0 spiro atoms. The molecular weight excluding hydrogens is 360 g/mol. The number of esters is 2. The van der Waals surface area contributed by atoms with Gasteiger partial charge in [-0.2, -0.15) is 0 Å². The topological polar surface area (TPSA) is 158 Å². The van der Waals surface area contributed by atoms with Crippen molar-refractivity contribution in [3.05, 3.63) is 71.8 Å². The minimum Gasteiger partial charge on any atom is -0.478 e. The number of aliphatic hydroxyl groups excluding tert-OH is 2. The van der Waals surface area contributed by atoms with E-state index in [0.717, 1.165) is 0 Å². The van der Waals surface area contributed by atoms with E-state index in [0.29, 0.717) is 11.1 Å². The zero-order valence-corrected chi connectivity index (χ0v) is 13.8. The highest BCUT2D eigenvalue weighted by Crippen LogP contribution is 2.07. The number of carboxylic acids is 2. The highest BCUT2D eigenvalue weighted by Gasteiger charge is 2.41. The number of aromatic carboxylic acids is 2. The summed E-state index contributed by atoms with van der Waals surface area (Å²) in [5.74, 6) is -3.94. The maximum atomic E-state index is 10.2. The number of carboxylic acid groups (broad SMARTS) is 2. The molecule has 0 amide bonds. The molecule has 2 atom stereocenters. The lowest BCUT2D eigenvalue weighted by atomic mass is 10.2. The number of ether oxygens (including phenoxy) is 1. The SMILES string of the molecule is O=C(O)c1ccccc1.O=C(O)c1ccccc1.O=C1OC(=O)C(O)C1O. The Morgan fingerprint density at radius 1 is 0.667 bits per heavy atom. The predicted molar refractivity (Wildman–Crippen MR) is 89.9 cm³/mol. The van der Waals surface area contributed by atoms with Crippen molar-refractivity contribution < 1.29 is 44.3 Å². The Morgan fingerprint density at radius 3 is 1.11 bits per heavy atom. The summed E-state index contributed by atoms with van der Waals surface area (Å²) in [7, 11) is 0. The van der Waals surface area contributed by atoms with E-state index in [1.807, 2.05) is 0 Å². The first kappa shape index (κ1) is 21.5. The van der Waals surface area contributed by atoms with Gasteiger partial charge in [-0.25, -0.2) is 19.2 Å². The van der Waals surface area contributed by atoms with E-state index in [4.69, 9.17) is 20.4 Å². The zero-order valence-electron chi connectivity index (χ0n) is 13.8. The second-order valence-electron chi connectivity index (χ2n) is 4.97. The summed E-state index contributed by atoms with van der Waals surface area (Å²) in [5.41, 5.74) is 0.662. The van der Waals surface area contributed by atoms with E-state index in [9.17, 15) is 19.2 Å². The van der Waals surface area contributed by atoms with Crippen LogP contribution in [0.5, 0.6) is 0 Å². The van der Waals surface area contributed by atoms with Crippen molar-refractivity contribution in [1.82, 2.24) is 0 Å². The molecule has 0 aromatic heterocycles. The summed E-state index contributed by atoms with van der Waals surface area (Å²) in [5, 5.41) is 33.8. The van der Waals surface area contributed by atoms with Gasteiger partial charge in [0.1, 0.15) is 0 Å². The Balaban J connectivity index is 0.000000202. The maximum absolute atomic E-state index is 10.2. The molecule has 2 aromatic carbocycles. The van der Waals surface area contributed by atoms with Crippen molar-refractivity contribution in [3.8, 4) is 0 Å². The first-order valence-corrected chi connectivity index (χ1v) is 7.42. The van der Waals surface area contributed by atoms with E-state index < -0.39 is 36.1 Å². The van der Waals surface area contributed by atoms with Crippen molar-refractivity contribution in [3.63, 3.8) is 0 Å². The third-order valence-corrected chi connectivity index (χ3v) is 3.02. The van der Waals surface area contributed by atoms with Crippen molar-refractivity contribution in [2.24, 2.45) is 0 Å². The van der Waals surface area contributed by atoms with Gasteiger partial charge in [0.25, 0.3) is 0 Å². The van der Waals surface area contributed by atoms with Gasteiger partial charge in [-0.15, -0.1) is 0 Å². The van der Waals surface area contributed by atoms with Crippen LogP contribution in [0.1, 0.15) is 20.7 Å². The van der Waals surface area contributed by atoms with Crippen LogP contribution in [-0.2, 0) is 14.3 Å². The molecule has 3 rings (SSSR count). The summed E-state index contributed by atoms with van der Waals surface area (Å²) in [6.45, 7) is 0. The van der Waals surface area contributed by atoms with Crippen molar-refractivity contribution in [1.29, 1.82) is 0 Å². The fourth-order valence-electron chi connectivity index (χ4n) is 1.64. The number of aliphatic hydroxyl groups is 2.